The lowest BCUT2D eigenvalue weighted by atomic mass is 10.1. The fourth-order valence-corrected chi connectivity index (χ4v) is 12.1. The smallest absolute Gasteiger partial charge is 0.247 e. The fraction of sp³-hybridized carbons (Fsp3) is 0.165. The molecule has 0 aliphatic carbocycles. The van der Waals surface area contributed by atoms with E-state index in [0.717, 1.165) is 138 Å². The van der Waals surface area contributed by atoms with E-state index in [0.29, 0.717) is 65.2 Å². The zero-order valence-electron chi connectivity index (χ0n) is 56.8. The van der Waals surface area contributed by atoms with Gasteiger partial charge in [-0.05, 0) is 122 Å². The Morgan fingerprint density at radius 1 is 0.417 bits per heavy atom. The Morgan fingerprint density at radius 3 is 1.23 bits per heavy atom. The van der Waals surface area contributed by atoms with Crippen molar-refractivity contribution < 1.29 is 19.1 Å². The highest BCUT2D eigenvalue weighted by Crippen LogP contribution is 2.34. The summed E-state index contributed by atoms with van der Waals surface area (Å²) in [6.07, 6.45) is 14.1. The standard InChI is InChI=1S/C27H27N7O.C26H25N7O.C26H24N6O2/c1-3-25(35)30-21-11-12-28-24(17-21)23-6-4-5-19-18-29-27(32-26(19)23)31-20-7-9-22(10-8-20)34-15-13-33(2)14-16-34;1-2-24(34)30-20-10-11-28-23(16-20)22-5-3-4-18-17-29-26(32-25(18)22)31-19-6-8-21(9-7-19)33-14-12-27-13-15-33;1-2-24(33)29-19-10-11-27-22(16-19)20-7-5-6-18-17-28-26(31-25(18)20)30-21-8-3-4-9-23(21)32-12-14-34-15-13-32/h3-12,17-18H,1,13-16H2,2H3,(H,28,30,35)(H,29,31,32);2-11,16-17,27H,1,12-15H2,(H,28,30,34)(H,29,31,32);2-11,16-17H,1,12-15H2,(H,27,29,33)(H,28,30,31). The van der Waals surface area contributed by atoms with Crippen LogP contribution in [0.1, 0.15) is 0 Å². The number of fused-ring (bicyclic) bond motifs is 3. The summed E-state index contributed by atoms with van der Waals surface area (Å²) in [5, 5.41) is 24.4. The molecule has 0 atom stereocenters. The van der Waals surface area contributed by atoms with Gasteiger partial charge in [0.25, 0.3) is 0 Å². The number of carbonyl (C=O) groups excluding carboxylic acids is 3. The van der Waals surface area contributed by atoms with Crippen LogP contribution in [0.25, 0.3) is 66.5 Å². The molecule has 9 heterocycles. The van der Waals surface area contributed by atoms with Crippen LogP contribution in [-0.4, -0.2) is 153 Å². The van der Waals surface area contributed by atoms with E-state index in [9.17, 15) is 14.4 Å². The number of para-hydroxylation sites is 5. The lowest BCUT2D eigenvalue weighted by molar-refractivity contribution is -0.112. The molecule has 516 valence electrons. The third-order valence-electron chi connectivity index (χ3n) is 17.4. The number of anilines is 12. The summed E-state index contributed by atoms with van der Waals surface area (Å²) in [7, 11) is 2.16. The fourth-order valence-electron chi connectivity index (χ4n) is 12.1. The van der Waals surface area contributed by atoms with E-state index in [1.807, 2.05) is 103 Å². The zero-order chi connectivity index (χ0) is 70.9. The number of likely N-dealkylation sites (N-methyl/N-ethyl adjacent to an activating group) is 1. The minimum Gasteiger partial charge on any atom is -0.378 e. The maximum absolute atomic E-state index is 11.7. The molecule has 0 unspecified atom stereocenters. The number of piperazine rings is 2. The molecule has 103 heavy (non-hydrogen) atoms. The monoisotopic (exact) mass is 1370 g/mol. The first-order chi connectivity index (χ1) is 50.5. The highest BCUT2D eigenvalue weighted by Gasteiger charge is 2.20. The summed E-state index contributed by atoms with van der Waals surface area (Å²) in [5.74, 6) is 0.693. The zero-order valence-corrected chi connectivity index (χ0v) is 56.8. The number of nitrogens with one attached hydrogen (secondary N) is 7. The molecule has 3 aliphatic heterocycles. The van der Waals surface area contributed by atoms with Crippen LogP contribution in [-0.2, 0) is 19.1 Å². The van der Waals surface area contributed by atoms with Crippen molar-refractivity contribution in [3.05, 3.63) is 239 Å². The third kappa shape index (κ3) is 17.4. The average Bonchev–Trinajstić information content (AvgIpc) is 0.803. The van der Waals surface area contributed by atoms with Crippen LogP contribution in [0.3, 0.4) is 0 Å². The van der Waals surface area contributed by atoms with E-state index < -0.39 is 0 Å². The second-order valence-corrected chi connectivity index (χ2v) is 24.3. The number of aromatic nitrogens is 9. The summed E-state index contributed by atoms with van der Waals surface area (Å²) < 4.78 is 5.50. The van der Waals surface area contributed by atoms with Gasteiger partial charge in [0.2, 0.25) is 35.6 Å². The quantitative estimate of drug-likeness (QED) is 0.0393. The van der Waals surface area contributed by atoms with Crippen molar-refractivity contribution in [2.24, 2.45) is 0 Å². The Hall–Kier alpha value is -12.9. The predicted octanol–water partition coefficient (Wildman–Crippen LogP) is 12.7. The summed E-state index contributed by atoms with van der Waals surface area (Å²) >= 11 is 0. The molecule has 0 radical (unpaired) electrons. The summed E-state index contributed by atoms with van der Waals surface area (Å²) in [6, 6.07) is 53.1. The van der Waals surface area contributed by atoms with Gasteiger partial charge in [0.1, 0.15) is 0 Å². The molecule has 3 fully saturated rings. The largest absolute Gasteiger partial charge is 0.378 e. The van der Waals surface area contributed by atoms with Crippen molar-refractivity contribution in [3.63, 3.8) is 0 Å². The molecule has 24 heteroatoms. The summed E-state index contributed by atoms with van der Waals surface area (Å²) in [5.41, 5.74) is 15.2. The molecule has 0 spiro atoms. The van der Waals surface area contributed by atoms with Crippen molar-refractivity contribution in [3.8, 4) is 33.8 Å². The van der Waals surface area contributed by atoms with Gasteiger partial charge in [-0.3, -0.25) is 29.3 Å². The molecule has 6 aromatic carbocycles. The molecule has 0 bridgehead atoms. The second kappa shape index (κ2) is 32.8. The van der Waals surface area contributed by atoms with Crippen molar-refractivity contribution in [2.45, 2.75) is 0 Å². The van der Waals surface area contributed by atoms with Gasteiger partial charge in [-0.25, -0.2) is 29.9 Å². The number of amides is 3. The first-order valence-corrected chi connectivity index (χ1v) is 33.8. The van der Waals surface area contributed by atoms with E-state index in [-0.39, 0.29) is 17.7 Å². The Labute approximate surface area is 595 Å². The maximum atomic E-state index is 11.7. The highest BCUT2D eigenvalue weighted by atomic mass is 16.5. The lowest BCUT2D eigenvalue weighted by Crippen LogP contribution is -2.44. The number of pyridine rings is 3. The highest BCUT2D eigenvalue weighted by molar-refractivity contribution is 6.02. The third-order valence-corrected chi connectivity index (χ3v) is 17.4. The van der Waals surface area contributed by atoms with Crippen molar-refractivity contribution in [2.75, 3.05) is 132 Å². The Balaban J connectivity index is 0.000000138. The second-order valence-electron chi connectivity index (χ2n) is 24.3. The van der Waals surface area contributed by atoms with Crippen LogP contribution in [0, 0.1) is 0 Å². The van der Waals surface area contributed by atoms with Crippen LogP contribution >= 0.6 is 0 Å². The molecule has 3 amide bonds. The number of benzene rings is 6. The number of nitrogens with zero attached hydrogens (tertiary/aromatic N) is 13. The normalized spacial score (nSPS) is 13.7. The first kappa shape index (κ1) is 68.6. The Bertz CT molecular complexity index is 5040. The molecular weight excluding hydrogens is 1290 g/mol. The Morgan fingerprint density at radius 2 is 0.816 bits per heavy atom. The van der Waals surface area contributed by atoms with Crippen molar-refractivity contribution >= 4 is 119 Å². The summed E-state index contributed by atoms with van der Waals surface area (Å²) in [4.78, 5) is 85.9. The van der Waals surface area contributed by atoms with Gasteiger partial charge in [-0.1, -0.05) is 86.5 Å². The molecular formula is C79H76N20O4. The molecule has 24 nitrogen and oxygen atoms in total. The van der Waals surface area contributed by atoms with E-state index in [1.165, 1.54) is 29.6 Å². The molecule has 3 aliphatic rings. The number of hydrogen-bond acceptors (Lipinski definition) is 21. The molecule has 6 aromatic heterocycles. The number of carbonyl (C=O) groups is 3. The van der Waals surface area contributed by atoms with E-state index in [4.69, 9.17) is 19.7 Å². The SMILES string of the molecule is C=CC(=O)Nc1ccnc(-c2cccc3cnc(Nc4ccc(N5CCN(C)CC5)cc4)nc23)c1.C=CC(=O)Nc1ccnc(-c2cccc3cnc(Nc4ccc(N5CCNCC5)cc4)nc23)c1.C=CC(=O)Nc1ccnc(-c2cccc3cnc(Nc4ccccc4N4CCOCC4)nc23)c1. The number of morpholine rings is 1. The van der Waals surface area contributed by atoms with E-state index in [2.05, 4.69) is 156 Å². The van der Waals surface area contributed by atoms with Gasteiger partial charge in [0.05, 0.1) is 58.2 Å². The number of rotatable bonds is 18. The van der Waals surface area contributed by atoms with Gasteiger partial charge in [-0.15, -0.1) is 0 Å². The molecule has 3 saturated heterocycles. The van der Waals surface area contributed by atoms with Gasteiger partial charge in [-0.2, -0.15) is 0 Å². The Kier molecular flexibility index (Phi) is 21.9. The first-order valence-electron chi connectivity index (χ1n) is 33.8. The van der Waals surface area contributed by atoms with E-state index in [1.54, 1.807) is 55.4 Å². The van der Waals surface area contributed by atoms with Gasteiger partial charge in [0, 0.05) is 175 Å². The van der Waals surface area contributed by atoms with Gasteiger partial charge >= 0.3 is 0 Å². The van der Waals surface area contributed by atoms with Crippen LogP contribution in [0.2, 0.25) is 0 Å². The minimum atomic E-state index is -0.275. The van der Waals surface area contributed by atoms with Crippen LogP contribution in [0.4, 0.5) is 69.0 Å². The lowest BCUT2D eigenvalue weighted by Gasteiger charge is -2.34. The molecule has 7 N–H and O–H groups in total. The van der Waals surface area contributed by atoms with Crippen LogP contribution < -0.4 is 51.9 Å². The van der Waals surface area contributed by atoms with Crippen LogP contribution in [0.5, 0.6) is 0 Å². The maximum Gasteiger partial charge on any atom is 0.247 e. The number of ether oxygens (including phenoxy) is 1. The number of hydrogen-bond donors (Lipinski definition) is 7. The predicted molar refractivity (Wildman–Crippen MR) is 412 cm³/mol. The molecule has 15 rings (SSSR count). The van der Waals surface area contributed by atoms with Gasteiger partial charge < -0.3 is 61.6 Å². The van der Waals surface area contributed by atoms with Crippen LogP contribution in [0.15, 0.2) is 239 Å². The topological polar surface area (TPSA) is 274 Å². The molecule has 0 saturated carbocycles. The van der Waals surface area contributed by atoms with Gasteiger partial charge in [0.15, 0.2) is 0 Å². The van der Waals surface area contributed by atoms with E-state index >= 15 is 0 Å². The average molecular weight is 1370 g/mol. The minimum absolute atomic E-state index is 0.271. The molecule has 12 aromatic rings. The summed E-state index contributed by atoms with van der Waals surface area (Å²) in [6.45, 7) is 21.8. The van der Waals surface area contributed by atoms with Crippen molar-refractivity contribution in [1.82, 2.24) is 55.1 Å². The van der Waals surface area contributed by atoms with Crippen molar-refractivity contribution in [1.29, 1.82) is 0 Å².